The lowest BCUT2D eigenvalue weighted by molar-refractivity contribution is -0.137. The van der Waals surface area contributed by atoms with Crippen molar-refractivity contribution in [1.29, 1.82) is 0 Å². The van der Waals surface area contributed by atoms with E-state index in [9.17, 15) is 26.4 Å². The van der Waals surface area contributed by atoms with Crippen LogP contribution in [-0.2, 0) is 33.0 Å². The van der Waals surface area contributed by atoms with Gasteiger partial charge in [-0.25, -0.2) is 13.1 Å². The lowest BCUT2D eigenvalue weighted by Crippen LogP contribution is -2.48. The van der Waals surface area contributed by atoms with Gasteiger partial charge in [0.05, 0.1) is 27.3 Å². The first-order chi connectivity index (χ1) is 17.6. The van der Waals surface area contributed by atoms with Crippen LogP contribution >= 0.6 is 23.2 Å². The maximum absolute atomic E-state index is 13.9. The number of nitrogens with one attached hydrogen (secondary N) is 1. The Labute approximate surface area is 232 Å². The molecule has 0 spiro atoms. The maximum atomic E-state index is 13.9. The van der Waals surface area contributed by atoms with Crippen LogP contribution in [-0.4, -0.2) is 63.1 Å². The smallest absolute Gasteiger partial charge is 0.341 e. The number of likely N-dealkylation sites (N-methyl/N-ethyl adjacent to an activating group) is 1. The fraction of sp³-hybridized carbons (Fsp3) is 0.500. The largest absolute Gasteiger partial charge is 0.416 e. The van der Waals surface area contributed by atoms with Gasteiger partial charge in [-0.05, 0) is 81.2 Å². The molecule has 2 aromatic rings. The van der Waals surface area contributed by atoms with E-state index < -0.39 is 27.2 Å². The number of carbonyl (C=O) groups excluding carboxylic acids is 1. The van der Waals surface area contributed by atoms with Crippen LogP contribution in [0.1, 0.15) is 42.9 Å². The summed E-state index contributed by atoms with van der Waals surface area (Å²) in [6, 6.07) is 9.84. The molecule has 210 valence electrons. The number of carbonyl (C=O) groups is 1. The number of hydrogen-bond donors (Lipinski definition) is 1. The molecule has 0 bridgehead atoms. The van der Waals surface area contributed by atoms with Gasteiger partial charge in [0.2, 0.25) is 15.9 Å². The number of rotatable bonds is 9. The van der Waals surface area contributed by atoms with Crippen LogP contribution in [0.4, 0.5) is 13.2 Å². The topological polar surface area (TPSA) is 69.7 Å². The van der Waals surface area contributed by atoms with Crippen LogP contribution in [0.2, 0.25) is 10.0 Å². The third-order valence-electron chi connectivity index (χ3n) is 6.95. The van der Waals surface area contributed by atoms with Crippen LogP contribution in [0.3, 0.4) is 0 Å². The molecule has 2 aromatic carbocycles. The molecule has 1 amide bonds. The van der Waals surface area contributed by atoms with Crippen molar-refractivity contribution in [2.45, 2.75) is 50.4 Å². The second kappa shape index (κ2) is 12.1. The predicted molar refractivity (Wildman–Crippen MR) is 144 cm³/mol. The molecule has 0 aromatic heterocycles. The summed E-state index contributed by atoms with van der Waals surface area (Å²) in [4.78, 5) is 17.5. The number of benzene rings is 2. The molecule has 1 aliphatic rings. The monoisotopic (exact) mass is 593 g/mol. The summed E-state index contributed by atoms with van der Waals surface area (Å²) in [6.07, 6.45) is -1.61. The van der Waals surface area contributed by atoms with Crippen LogP contribution < -0.4 is 4.72 Å². The molecule has 3 rings (SSSR count). The molecule has 1 heterocycles. The third-order valence-corrected chi connectivity index (χ3v) is 8.45. The Hall–Kier alpha value is -1.85. The van der Waals surface area contributed by atoms with Gasteiger partial charge >= 0.3 is 6.18 Å². The molecule has 1 fully saturated rings. The Balaban J connectivity index is 1.78. The average Bonchev–Trinajstić information content (AvgIpc) is 2.83. The molecule has 1 saturated heterocycles. The molecule has 38 heavy (non-hydrogen) atoms. The van der Waals surface area contributed by atoms with Gasteiger partial charge in [-0.3, -0.25) is 4.79 Å². The van der Waals surface area contributed by atoms with E-state index in [0.29, 0.717) is 60.1 Å². The number of sulfonamides is 1. The number of halogens is 5. The van der Waals surface area contributed by atoms with Crippen LogP contribution in [0, 0.1) is 0 Å². The van der Waals surface area contributed by atoms with E-state index in [-0.39, 0.29) is 18.5 Å². The Bertz CT molecular complexity index is 1250. The zero-order valence-electron chi connectivity index (χ0n) is 21.5. The minimum absolute atomic E-state index is 0.00220. The molecule has 1 N–H and O–H groups in total. The SMILES string of the molecule is CN(Cc1cccc(C(F)(F)F)c1)C(=O)C(C)(CCN1CCC(NS(C)(=O)=O)CC1)c1ccc(Cl)c(Cl)c1. The van der Waals surface area contributed by atoms with Crippen molar-refractivity contribution in [3.05, 3.63) is 69.2 Å². The second-order valence-corrected chi connectivity index (χ2v) is 12.7. The molecular formula is C26H32Cl2F3N3O3S. The van der Waals surface area contributed by atoms with Crippen molar-refractivity contribution in [3.8, 4) is 0 Å². The average molecular weight is 595 g/mol. The molecule has 1 atom stereocenters. The number of amides is 1. The van der Waals surface area contributed by atoms with E-state index in [1.165, 1.54) is 11.0 Å². The highest BCUT2D eigenvalue weighted by Crippen LogP contribution is 2.35. The lowest BCUT2D eigenvalue weighted by atomic mass is 9.77. The highest BCUT2D eigenvalue weighted by Gasteiger charge is 2.38. The first-order valence-corrected chi connectivity index (χ1v) is 14.8. The quantitative estimate of drug-likeness (QED) is 0.426. The van der Waals surface area contributed by atoms with Gasteiger partial charge in [0, 0.05) is 19.6 Å². The lowest BCUT2D eigenvalue weighted by Gasteiger charge is -2.37. The number of alkyl halides is 3. The molecule has 12 heteroatoms. The van der Waals surface area contributed by atoms with Crippen molar-refractivity contribution in [3.63, 3.8) is 0 Å². The number of piperidine rings is 1. The Kier molecular flexibility index (Phi) is 9.79. The predicted octanol–water partition coefficient (Wildman–Crippen LogP) is 5.33. The standard InChI is InChI=1S/C26H32Cl2F3N3O3S/c1-25(19-7-8-22(27)23(28)16-19,11-14-34-12-9-21(10-13-34)32-38(3,36)37)24(35)33(2)17-18-5-4-6-20(15-18)26(29,30)31/h4-8,15-16,21,32H,9-14,17H2,1-3H3. The third kappa shape index (κ3) is 8.08. The van der Waals surface area contributed by atoms with E-state index in [1.807, 2.05) is 0 Å². The van der Waals surface area contributed by atoms with Gasteiger partial charge in [0.25, 0.3) is 0 Å². The second-order valence-electron chi connectivity index (χ2n) is 10.1. The summed E-state index contributed by atoms with van der Waals surface area (Å²) < 4.78 is 65.3. The maximum Gasteiger partial charge on any atom is 0.416 e. The molecular weight excluding hydrogens is 562 g/mol. The zero-order valence-corrected chi connectivity index (χ0v) is 23.8. The Morgan fingerprint density at radius 3 is 2.32 bits per heavy atom. The van der Waals surface area contributed by atoms with Crippen molar-refractivity contribution >= 4 is 39.1 Å². The molecule has 0 saturated carbocycles. The van der Waals surface area contributed by atoms with Gasteiger partial charge in [0.15, 0.2) is 0 Å². The summed E-state index contributed by atoms with van der Waals surface area (Å²) in [6.45, 7) is 3.70. The number of hydrogen-bond acceptors (Lipinski definition) is 4. The van der Waals surface area contributed by atoms with E-state index >= 15 is 0 Å². The summed E-state index contributed by atoms with van der Waals surface area (Å²) in [7, 11) is -1.71. The van der Waals surface area contributed by atoms with E-state index in [0.717, 1.165) is 18.4 Å². The van der Waals surface area contributed by atoms with Gasteiger partial charge in [-0.2, -0.15) is 13.2 Å². The van der Waals surface area contributed by atoms with Crippen molar-refractivity contribution in [2.75, 3.05) is 32.9 Å². The summed E-state index contributed by atoms with van der Waals surface area (Å²) >= 11 is 12.4. The first kappa shape index (κ1) is 30.7. The minimum atomic E-state index is -4.47. The number of likely N-dealkylation sites (tertiary alicyclic amines) is 1. The minimum Gasteiger partial charge on any atom is -0.341 e. The van der Waals surface area contributed by atoms with Gasteiger partial charge < -0.3 is 9.80 Å². The van der Waals surface area contributed by atoms with Crippen molar-refractivity contribution in [1.82, 2.24) is 14.5 Å². The fourth-order valence-electron chi connectivity index (χ4n) is 4.79. The van der Waals surface area contributed by atoms with Crippen LogP contribution in [0.15, 0.2) is 42.5 Å². The van der Waals surface area contributed by atoms with Gasteiger partial charge in [-0.15, -0.1) is 0 Å². The van der Waals surface area contributed by atoms with Gasteiger partial charge in [-0.1, -0.05) is 41.4 Å². The molecule has 0 radical (unpaired) electrons. The molecule has 0 aliphatic carbocycles. The van der Waals surface area contributed by atoms with Crippen LogP contribution in [0.5, 0.6) is 0 Å². The Morgan fingerprint density at radius 1 is 1.08 bits per heavy atom. The van der Waals surface area contributed by atoms with Gasteiger partial charge in [0.1, 0.15) is 0 Å². The van der Waals surface area contributed by atoms with E-state index in [2.05, 4.69) is 9.62 Å². The summed E-state index contributed by atoms with van der Waals surface area (Å²) in [5.41, 5.74) is -0.780. The van der Waals surface area contributed by atoms with Crippen LogP contribution in [0.25, 0.3) is 0 Å². The first-order valence-electron chi connectivity index (χ1n) is 12.2. The highest BCUT2D eigenvalue weighted by atomic mass is 35.5. The molecule has 1 unspecified atom stereocenters. The number of nitrogens with zero attached hydrogens (tertiary/aromatic N) is 2. The normalized spacial score (nSPS) is 17.3. The van der Waals surface area contributed by atoms with E-state index in [1.54, 1.807) is 38.2 Å². The van der Waals surface area contributed by atoms with E-state index in [4.69, 9.17) is 23.2 Å². The zero-order chi connectivity index (χ0) is 28.3. The fourth-order valence-corrected chi connectivity index (χ4v) is 5.93. The van der Waals surface area contributed by atoms with Crippen molar-refractivity contribution < 1.29 is 26.4 Å². The molecule has 1 aliphatic heterocycles. The molecule has 6 nitrogen and oxygen atoms in total. The summed E-state index contributed by atoms with van der Waals surface area (Å²) in [5, 5.41) is 0.652. The summed E-state index contributed by atoms with van der Waals surface area (Å²) in [5.74, 6) is -0.262. The highest BCUT2D eigenvalue weighted by molar-refractivity contribution is 7.88. The van der Waals surface area contributed by atoms with Crippen molar-refractivity contribution in [2.24, 2.45) is 0 Å². The Morgan fingerprint density at radius 2 is 1.74 bits per heavy atom.